The van der Waals surface area contributed by atoms with Gasteiger partial charge in [-0.15, -0.1) is 0 Å². The van der Waals surface area contributed by atoms with Crippen molar-refractivity contribution < 1.29 is 4.74 Å². The highest BCUT2D eigenvalue weighted by Crippen LogP contribution is 2.38. The third-order valence-corrected chi connectivity index (χ3v) is 5.54. The van der Waals surface area contributed by atoms with E-state index in [-0.39, 0.29) is 0 Å². The second kappa shape index (κ2) is 5.33. The molecular formula is C21H16N2OS. The molecule has 0 bridgehead atoms. The van der Waals surface area contributed by atoms with Gasteiger partial charge in [-0.2, -0.15) is 0 Å². The van der Waals surface area contributed by atoms with Crippen LogP contribution in [-0.2, 0) is 0 Å². The number of fused-ring (bicyclic) bond motifs is 5. The first-order valence-corrected chi connectivity index (χ1v) is 9.01. The Labute approximate surface area is 149 Å². The van der Waals surface area contributed by atoms with Crippen molar-refractivity contribution >= 4 is 37.5 Å². The molecule has 0 atom stereocenters. The van der Waals surface area contributed by atoms with Gasteiger partial charge in [0.1, 0.15) is 5.75 Å². The van der Waals surface area contributed by atoms with Crippen LogP contribution < -0.4 is 4.74 Å². The van der Waals surface area contributed by atoms with Crippen molar-refractivity contribution in [3.8, 4) is 16.9 Å². The molecule has 2 heterocycles. The van der Waals surface area contributed by atoms with Gasteiger partial charge < -0.3 is 4.74 Å². The van der Waals surface area contributed by atoms with E-state index in [4.69, 9.17) is 9.72 Å². The highest BCUT2D eigenvalue weighted by atomic mass is 32.1. The molecule has 0 radical (unpaired) electrons. The topological polar surface area (TPSA) is 26.5 Å². The number of ether oxygens (including phenoxy) is 1. The van der Waals surface area contributed by atoms with Gasteiger partial charge in [0.05, 0.1) is 28.4 Å². The number of methoxy groups -OCH3 is 1. The van der Waals surface area contributed by atoms with E-state index in [9.17, 15) is 0 Å². The summed E-state index contributed by atoms with van der Waals surface area (Å²) in [5.74, 6) is 0.870. The van der Waals surface area contributed by atoms with E-state index in [1.54, 1.807) is 18.4 Å². The number of nitrogens with zero attached hydrogens (tertiary/aromatic N) is 2. The molecule has 0 unspecified atom stereocenters. The van der Waals surface area contributed by atoms with Gasteiger partial charge in [0.25, 0.3) is 0 Å². The van der Waals surface area contributed by atoms with Crippen molar-refractivity contribution in [1.82, 2.24) is 9.38 Å². The molecule has 3 aromatic carbocycles. The summed E-state index contributed by atoms with van der Waals surface area (Å²) < 4.78 is 8.96. The quantitative estimate of drug-likeness (QED) is 0.411. The number of benzene rings is 3. The number of aromatic nitrogens is 2. The third kappa shape index (κ3) is 2.14. The molecule has 0 saturated carbocycles. The summed E-state index contributed by atoms with van der Waals surface area (Å²) in [6.45, 7) is 2.14. The Morgan fingerprint density at radius 1 is 1.00 bits per heavy atom. The molecule has 2 aromatic heterocycles. The first-order chi connectivity index (χ1) is 12.2. The van der Waals surface area contributed by atoms with Gasteiger partial charge in [-0.05, 0) is 54.4 Å². The van der Waals surface area contributed by atoms with Gasteiger partial charge in [0.2, 0.25) is 0 Å². The monoisotopic (exact) mass is 344 g/mol. The molecule has 0 saturated heterocycles. The highest BCUT2D eigenvalue weighted by Gasteiger charge is 2.16. The Balaban J connectivity index is 1.95. The van der Waals surface area contributed by atoms with Gasteiger partial charge in [-0.1, -0.05) is 35.6 Å². The van der Waals surface area contributed by atoms with Crippen molar-refractivity contribution in [3.63, 3.8) is 0 Å². The Hall–Kier alpha value is -2.85. The van der Waals surface area contributed by atoms with Crippen LogP contribution in [0.5, 0.6) is 5.75 Å². The van der Waals surface area contributed by atoms with Crippen LogP contribution in [0.2, 0.25) is 0 Å². The second-order valence-electron chi connectivity index (χ2n) is 6.21. The summed E-state index contributed by atoms with van der Waals surface area (Å²) in [6, 6.07) is 21.1. The number of rotatable bonds is 2. The van der Waals surface area contributed by atoms with Crippen LogP contribution in [0.1, 0.15) is 5.56 Å². The summed E-state index contributed by atoms with van der Waals surface area (Å²) in [7, 11) is 1.71. The van der Waals surface area contributed by atoms with E-state index in [0.29, 0.717) is 0 Å². The maximum atomic E-state index is 5.43. The molecule has 122 valence electrons. The number of imidazole rings is 1. The number of aryl methyl sites for hydroxylation is 1. The van der Waals surface area contributed by atoms with Crippen LogP contribution in [0, 0.1) is 6.92 Å². The van der Waals surface area contributed by atoms with Crippen LogP contribution in [0.3, 0.4) is 0 Å². The number of thiazole rings is 1. The Morgan fingerprint density at radius 2 is 1.88 bits per heavy atom. The molecule has 0 aliphatic rings. The summed E-state index contributed by atoms with van der Waals surface area (Å²) in [6.07, 6.45) is 0. The lowest BCUT2D eigenvalue weighted by Gasteiger charge is -2.09. The molecule has 0 aliphatic heterocycles. The average molecular weight is 344 g/mol. The standard InChI is InChI=1S/C21H16N2OS/c1-13-10-16(14-6-5-7-15(12-14)24-2)20-19(11-13)25-21-22-17-8-3-4-9-18(17)23(20)21/h3-12H,1-2H3. The summed E-state index contributed by atoms with van der Waals surface area (Å²) in [5, 5.41) is 0. The van der Waals surface area contributed by atoms with Crippen LogP contribution >= 0.6 is 11.3 Å². The van der Waals surface area contributed by atoms with Gasteiger partial charge in [0.15, 0.2) is 4.96 Å². The summed E-state index contributed by atoms with van der Waals surface area (Å²) >= 11 is 1.74. The highest BCUT2D eigenvalue weighted by molar-refractivity contribution is 7.23. The zero-order valence-electron chi connectivity index (χ0n) is 14.0. The minimum atomic E-state index is 0.870. The van der Waals surface area contributed by atoms with E-state index in [0.717, 1.165) is 27.3 Å². The fraction of sp³-hybridized carbons (Fsp3) is 0.0952. The predicted octanol–water partition coefficient (Wildman–Crippen LogP) is 5.69. The van der Waals surface area contributed by atoms with Crippen molar-refractivity contribution in [1.29, 1.82) is 0 Å². The second-order valence-corrected chi connectivity index (χ2v) is 7.22. The molecule has 5 aromatic rings. The van der Waals surface area contributed by atoms with Crippen LogP contribution in [0.4, 0.5) is 0 Å². The molecule has 5 rings (SSSR count). The van der Waals surface area contributed by atoms with E-state index in [1.165, 1.54) is 21.3 Å². The molecule has 25 heavy (non-hydrogen) atoms. The first kappa shape index (κ1) is 14.5. The summed E-state index contributed by atoms with van der Waals surface area (Å²) in [4.78, 5) is 5.84. The minimum Gasteiger partial charge on any atom is -0.497 e. The van der Waals surface area contributed by atoms with Gasteiger partial charge in [-0.25, -0.2) is 4.98 Å². The molecule has 0 aliphatic carbocycles. The molecular weight excluding hydrogens is 328 g/mol. The van der Waals surface area contributed by atoms with Crippen molar-refractivity contribution in [2.75, 3.05) is 7.11 Å². The van der Waals surface area contributed by atoms with Crippen molar-refractivity contribution in [2.45, 2.75) is 6.92 Å². The molecule has 0 fully saturated rings. The zero-order valence-corrected chi connectivity index (χ0v) is 14.8. The van der Waals surface area contributed by atoms with Crippen LogP contribution in [-0.4, -0.2) is 16.5 Å². The smallest absolute Gasteiger partial charge is 0.195 e. The lowest BCUT2D eigenvalue weighted by molar-refractivity contribution is 0.415. The minimum absolute atomic E-state index is 0.870. The number of hydrogen-bond donors (Lipinski definition) is 0. The fourth-order valence-electron chi connectivity index (χ4n) is 3.45. The largest absolute Gasteiger partial charge is 0.497 e. The lowest BCUT2D eigenvalue weighted by Crippen LogP contribution is -1.89. The maximum absolute atomic E-state index is 5.43. The molecule has 3 nitrogen and oxygen atoms in total. The van der Waals surface area contributed by atoms with Gasteiger partial charge in [0, 0.05) is 5.56 Å². The first-order valence-electron chi connectivity index (χ1n) is 8.19. The Bertz CT molecular complexity index is 1250. The fourth-order valence-corrected chi connectivity index (χ4v) is 4.62. The summed E-state index contributed by atoms with van der Waals surface area (Å²) in [5.41, 5.74) is 7.02. The predicted molar refractivity (Wildman–Crippen MR) is 105 cm³/mol. The normalized spacial score (nSPS) is 11.6. The lowest BCUT2D eigenvalue weighted by atomic mass is 10.0. The number of hydrogen-bond acceptors (Lipinski definition) is 3. The van der Waals surface area contributed by atoms with E-state index >= 15 is 0 Å². The molecule has 0 spiro atoms. The maximum Gasteiger partial charge on any atom is 0.195 e. The van der Waals surface area contributed by atoms with Crippen molar-refractivity contribution in [3.05, 3.63) is 66.2 Å². The number of para-hydroxylation sites is 2. The Morgan fingerprint density at radius 3 is 2.76 bits per heavy atom. The van der Waals surface area contributed by atoms with Crippen LogP contribution in [0.15, 0.2) is 60.7 Å². The molecule has 0 N–H and O–H groups in total. The third-order valence-electron chi connectivity index (χ3n) is 4.55. The van der Waals surface area contributed by atoms with E-state index in [1.807, 2.05) is 18.2 Å². The van der Waals surface area contributed by atoms with Gasteiger partial charge in [-0.3, -0.25) is 4.40 Å². The van der Waals surface area contributed by atoms with Crippen molar-refractivity contribution in [2.24, 2.45) is 0 Å². The molecule has 0 amide bonds. The average Bonchev–Trinajstić information content (AvgIpc) is 3.16. The van der Waals surface area contributed by atoms with E-state index in [2.05, 4.69) is 53.8 Å². The zero-order chi connectivity index (χ0) is 17.0. The van der Waals surface area contributed by atoms with Gasteiger partial charge >= 0.3 is 0 Å². The van der Waals surface area contributed by atoms with Crippen LogP contribution in [0.25, 0.3) is 37.3 Å². The van der Waals surface area contributed by atoms with E-state index < -0.39 is 0 Å². The molecule has 4 heteroatoms. The Kier molecular flexibility index (Phi) is 3.09. The SMILES string of the molecule is COc1cccc(-c2cc(C)cc3sc4nc5ccccc5n4c23)c1.